The van der Waals surface area contributed by atoms with Gasteiger partial charge in [0.15, 0.2) is 0 Å². The van der Waals surface area contributed by atoms with E-state index in [4.69, 9.17) is 5.73 Å². The molecule has 62 valence electrons. The van der Waals surface area contributed by atoms with Gasteiger partial charge >= 0.3 is 0 Å². The van der Waals surface area contributed by atoms with Crippen LogP contribution in [-0.4, -0.2) is 14.6 Å². The second-order valence-electron chi connectivity index (χ2n) is 2.53. The number of halogens is 1. The first-order valence-corrected chi connectivity index (χ1v) is 4.25. The molecule has 2 aromatic heterocycles. The molecule has 0 aliphatic heterocycles. The van der Waals surface area contributed by atoms with Gasteiger partial charge in [-0.25, -0.2) is 4.98 Å². The zero-order chi connectivity index (χ0) is 8.72. The zero-order valence-electron chi connectivity index (χ0n) is 6.45. The summed E-state index contributed by atoms with van der Waals surface area (Å²) in [7, 11) is 0. The molecule has 0 aromatic carbocycles. The van der Waals surface area contributed by atoms with Crippen molar-refractivity contribution in [2.24, 2.45) is 0 Å². The Kier molecular flexibility index (Phi) is 1.54. The summed E-state index contributed by atoms with van der Waals surface area (Å²) in [6.07, 6.45) is 0. The van der Waals surface area contributed by atoms with E-state index in [1.165, 1.54) is 0 Å². The molecule has 2 aromatic rings. The summed E-state index contributed by atoms with van der Waals surface area (Å²) in [6, 6.07) is 3.84. The van der Waals surface area contributed by atoms with Crippen molar-refractivity contribution in [3.8, 4) is 0 Å². The van der Waals surface area contributed by atoms with Gasteiger partial charge in [-0.05, 0) is 35.0 Å². The average Bonchev–Trinajstić information content (AvgIpc) is 2.28. The molecule has 0 fully saturated rings. The molecule has 2 heterocycles. The number of nitrogen functional groups attached to an aromatic ring is 1. The van der Waals surface area contributed by atoms with Gasteiger partial charge in [0.1, 0.15) is 10.1 Å². The number of rotatable bonds is 0. The Hall–Kier alpha value is -1.10. The van der Waals surface area contributed by atoms with Crippen LogP contribution in [0.4, 0.5) is 5.95 Å². The predicted octanol–water partition coefficient (Wildman–Crippen LogP) is 1.38. The maximum Gasteiger partial charge on any atom is 0.222 e. The Labute approximate surface area is 77.5 Å². The van der Waals surface area contributed by atoms with Crippen molar-refractivity contribution in [2.75, 3.05) is 5.73 Å². The number of aromatic nitrogens is 3. The summed E-state index contributed by atoms with van der Waals surface area (Å²) >= 11 is 3.29. The molecule has 0 bridgehead atoms. The lowest BCUT2D eigenvalue weighted by Crippen LogP contribution is -1.98. The molecule has 0 saturated carbocycles. The van der Waals surface area contributed by atoms with E-state index in [2.05, 4.69) is 26.0 Å². The summed E-state index contributed by atoms with van der Waals surface area (Å²) < 4.78 is 2.34. The van der Waals surface area contributed by atoms with Crippen LogP contribution in [-0.2, 0) is 0 Å². The van der Waals surface area contributed by atoms with Gasteiger partial charge in [0.25, 0.3) is 0 Å². The molecule has 0 aliphatic rings. The van der Waals surface area contributed by atoms with Crippen LogP contribution in [0.3, 0.4) is 0 Å². The van der Waals surface area contributed by atoms with E-state index >= 15 is 0 Å². The highest BCUT2D eigenvalue weighted by atomic mass is 79.9. The van der Waals surface area contributed by atoms with Gasteiger partial charge in [-0.2, -0.15) is 9.61 Å². The number of hydrogen-bond donors (Lipinski definition) is 1. The molecular weight excluding hydrogens is 220 g/mol. The van der Waals surface area contributed by atoms with Gasteiger partial charge in [-0.1, -0.05) is 0 Å². The van der Waals surface area contributed by atoms with E-state index in [0.29, 0.717) is 5.95 Å². The second kappa shape index (κ2) is 2.45. The Morgan fingerprint density at radius 3 is 3.00 bits per heavy atom. The van der Waals surface area contributed by atoms with E-state index in [9.17, 15) is 0 Å². The lowest BCUT2D eigenvalue weighted by molar-refractivity contribution is 0.906. The number of hydrogen-bond acceptors (Lipinski definition) is 3. The van der Waals surface area contributed by atoms with Crippen LogP contribution < -0.4 is 5.73 Å². The lowest BCUT2D eigenvalue weighted by atomic mass is 10.4. The number of imidazole rings is 1. The number of nitrogens with zero attached hydrogens (tertiary/aromatic N) is 3. The molecule has 2 N–H and O–H groups in total. The lowest BCUT2D eigenvalue weighted by Gasteiger charge is -1.95. The molecule has 0 amide bonds. The van der Waals surface area contributed by atoms with Gasteiger partial charge in [0.05, 0.1) is 5.69 Å². The minimum absolute atomic E-state index is 0.403. The summed E-state index contributed by atoms with van der Waals surface area (Å²) in [5, 5.41) is 4.20. The molecule has 2 rings (SSSR count). The van der Waals surface area contributed by atoms with Crippen molar-refractivity contribution >= 4 is 27.4 Å². The predicted molar refractivity (Wildman–Crippen MR) is 49.8 cm³/mol. The smallest absolute Gasteiger partial charge is 0.222 e. The van der Waals surface area contributed by atoms with Crippen LogP contribution in [0.15, 0.2) is 16.7 Å². The Bertz CT molecular complexity index is 434. The number of anilines is 1. The second-order valence-corrected chi connectivity index (χ2v) is 3.28. The maximum absolute atomic E-state index is 5.61. The fourth-order valence-corrected chi connectivity index (χ4v) is 1.53. The van der Waals surface area contributed by atoms with Gasteiger partial charge in [-0.3, -0.25) is 0 Å². The Balaban J connectivity index is 2.90. The van der Waals surface area contributed by atoms with Gasteiger partial charge < -0.3 is 5.73 Å². The monoisotopic (exact) mass is 226 g/mol. The van der Waals surface area contributed by atoms with Gasteiger partial charge in [-0.15, -0.1) is 0 Å². The SMILES string of the molecule is Cc1ccc2c(Br)nc(N)n2n1. The van der Waals surface area contributed by atoms with Crippen LogP contribution >= 0.6 is 15.9 Å². The molecular formula is C7H7BrN4. The van der Waals surface area contributed by atoms with Crippen LogP contribution in [0.25, 0.3) is 5.52 Å². The van der Waals surface area contributed by atoms with Crippen molar-refractivity contribution < 1.29 is 0 Å². The third-order valence-electron chi connectivity index (χ3n) is 1.61. The van der Waals surface area contributed by atoms with Gasteiger partial charge in [0, 0.05) is 0 Å². The molecule has 0 radical (unpaired) electrons. The summed E-state index contributed by atoms with van der Waals surface area (Å²) in [4.78, 5) is 4.03. The summed E-state index contributed by atoms with van der Waals surface area (Å²) in [5.41, 5.74) is 7.41. The molecule has 4 nitrogen and oxygen atoms in total. The molecule has 0 atom stereocenters. The minimum atomic E-state index is 0.403. The van der Waals surface area contributed by atoms with Crippen molar-refractivity contribution in [1.82, 2.24) is 14.6 Å². The fraction of sp³-hybridized carbons (Fsp3) is 0.143. The van der Waals surface area contributed by atoms with E-state index < -0.39 is 0 Å². The van der Waals surface area contributed by atoms with E-state index in [1.54, 1.807) is 4.52 Å². The Morgan fingerprint density at radius 2 is 2.25 bits per heavy atom. The third-order valence-corrected chi connectivity index (χ3v) is 2.19. The molecule has 0 spiro atoms. The van der Waals surface area contributed by atoms with Crippen molar-refractivity contribution in [3.05, 3.63) is 22.4 Å². The largest absolute Gasteiger partial charge is 0.368 e. The van der Waals surface area contributed by atoms with Crippen LogP contribution in [0.2, 0.25) is 0 Å². The molecule has 0 aliphatic carbocycles. The van der Waals surface area contributed by atoms with Crippen molar-refractivity contribution in [2.45, 2.75) is 6.92 Å². The van der Waals surface area contributed by atoms with E-state index in [0.717, 1.165) is 15.8 Å². The highest BCUT2D eigenvalue weighted by molar-refractivity contribution is 9.10. The first-order chi connectivity index (χ1) is 5.68. The maximum atomic E-state index is 5.61. The van der Waals surface area contributed by atoms with Crippen molar-refractivity contribution in [1.29, 1.82) is 0 Å². The van der Waals surface area contributed by atoms with Crippen LogP contribution in [0, 0.1) is 6.92 Å². The number of aryl methyl sites for hydroxylation is 1. The van der Waals surface area contributed by atoms with E-state index in [1.807, 2.05) is 19.1 Å². The Morgan fingerprint density at radius 1 is 1.50 bits per heavy atom. The first-order valence-electron chi connectivity index (χ1n) is 3.46. The third kappa shape index (κ3) is 0.972. The van der Waals surface area contributed by atoms with Crippen LogP contribution in [0.5, 0.6) is 0 Å². The summed E-state index contributed by atoms with van der Waals surface area (Å²) in [5.74, 6) is 0.403. The standard InChI is InChI=1S/C7H7BrN4/c1-4-2-3-5-6(8)10-7(9)12(5)11-4/h2-3H,1H3,(H2,9,10). The highest BCUT2D eigenvalue weighted by Gasteiger charge is 2.05. The van der Waals surface area contributed by atoms with Crippen LogP contribution in [0.1, 0.15) is 5.69 Å². The number of nitrogens with two attached hydrogens (primary N) is 1. The molecule has 12 heavy (non-hydrogen) atoms. The minimum Gasteiger partial charge on any atom is -0.368 e. The molecule has 0 saturated heterocycles. The quantitative estimate of drug-likeness (QED) is 0.739. The fourth-order valence-electron chi connectivity index (χ4n) is 1.05. The first kappa shape index (κ1) is 7.54. The van der Waals surface area contributed by atoms with E-state index in [-0.39, 0.29) is 0 Å². The van der Waals surface area contributed by atoms with Gasteiger partial charge in [0.2, 0.25) is 5.95 Å². The topological polar surface area (TPSA) is 56.2 Å². The van der Waals surface area contributed by atoms with Crippen molar-refractivity contribution in [3.63, 3.8) is 0 Å². The normalized spacial score (nSPS) is 10.8. The number of fused-ring (bicyclic) bond motifs is 1. The molecule has 5 heteroatoms. The summed E-state index contributed by atoms with van der Waals surface area (Å²) in [6.45, 7) is 1.91. The molecule has 0 unspecified atom stereocenters. The zero-order valence-corrected chi connectivity index (χ0v) is 8.04. The average molecular weight is 227 g/mol. The highest BCUT2D eigenvalue weighted by Crippen LogP contribution is 2.18.